The van der Waals surface area contributed by atoms with Gasteiger partial charge in [0.1, 0.15) is 0 Å². The lowest BCUT2D eigenvalue weighted by molar-refractivity contribution is 0.217. The number of hydrogen-bond acceptors (Lipinski definition) is 3. The van der Waals surface area contributed by atoms with E-state index in [4.69, 9.17) is 0 Å². The molecule has 1 rings (SSSR count). The van der Waals surface area contributed by atoms with Gasteiger partial charge in [0.05, 0.1) is 5.69 Å². The topological polar surface area (TPSA) is 45.2 Å². The van der Waals surface area contributed by atoms with E-state index in [1.807, 2.05) is 19.2 Å². The first-order valence-corrected chi connectivity index (χ1v) is 6.47. The number of nitrogens with zero attached hydrogens (tertiary/aromatic N) is 2. The summed E-state index contributed by atoms with van der Waals surface area (Å²) in [6, 6.07) is -0.0744. The van der Waals surface area contributed by atoms with Crippen molar-refractivity contribution in [2.45, 2.75) is 33.6 Å². The maximum absolute atomic E-state index is 11.7. The summed E-state index contributed by atoms with van der Waals surface area (Å²) in [5, 5.41) is 5.48. The minimum Gasteiger partial charge on any atom is -0.325 e. The van der Waals surface area contributed by atoms with Gasteiger partial charge in [-0.1, -0.05) is 13.8 Å². The molecule has 5 heteroatoms. The fraction of sp³-hybridized carbons (Fsp3) is 0.636. The van der Waals surface area contributed by atoms with Crippen molar-refractivity contribution in [1.29, 1.82) is 0 Å². The fourth-order valence-corrected chi connectivity index (χ4v) is 2.15. The number of amides is 2. The second-order valence-electron chi connectivity index (χ2n) is 3.83. The van der Waals surface area contributed by atoms with Crippen LogP contribution in [0.15, 0.2) is 5.38 Å². The third-order valence-electron chi connectivity index (χ3n) is 2.38. The summed E-state index contributed by atoms with van der Waals surface area (Å²) in [7, 11) is 0. The summed E-state index contributed by atoms with van der Waals surface area (Å²) in [5.74, 6) is 0.398. The van der Waals surface area contributed by atoms with Gasteiger partial charge in [-0.25, -0.2) is 9.78 Å². The molecule has 0 fully saturated rings. The minimum atomic E-state index is -0.0744. The van der Waals surface area contributed by atoms with Gasteiger partial charge >= 0.3 is 6.03 Å². The van der Waals surface area contributed by atoms with E-state index in [9.17, 15) is 4.79 Å². The first-order chi connectivity index (χ1) is 7.58. The molecule has 0 aliphatic heterocycles. The lowest BCUT2D eigenvalue weighted by Crippen LogP contribution is -2.34. The van der Waals surface area contributed by atoms with E-state index in [2.05, 4.69) is 24.1 Å². The Labute approximate surface area is 101 Å². The average Bonchev–Trinajstić information content (AvgIpc) is 2.68. The zero-order valence-corrected chi connectivity index (χ0v) is 11.1. The van der Waals surface area contributed by atoms with Gasteiger partial charge in [0.25, 0.3) is 0 Å². The van der Waals surface area contributed by atoms with Crippen LogP contribution in [-0.2, 0) is 0 Å². The molecule has 0 atom stereocenters. The number of aromatic nitrogens is 1. The molecule has 0 aromatic carbocycles. The van der Waals surface area contributed by atoms with Crippen LogP contribution in [-0.4, -0.2) is 29.0 Å². The van der Waals surface area contributed by atoms with E-state index in [0.29, 0.717) is 24.1 Å². The molecule has 1 heterocycles. The number of rotatable bonds is 4. The van der Waals surface area contributed by atoms with Gasteiger partial charge in [0.15, 0.2) is 5.13 Å². The monoisotopic (exact) mass is 241 g/mol. The van der Waals surface area contributed by atoms with Crippen molar-refractivity contribution in [3.63, 3.8) is 0 Å². The number of carbonyl (C=O) groups is 1. The van der Waals surface area contributed by atoms with E-state index in [1.165, 1.54) is 11.3 Å². The van der Waals surface area contributed by atoms with Crippen molar-refractivity contribution in [2.24, 2.45) is 0 Å². The summed E-state index contributed by atoms with van der Waals surface area (Å²) in [6.45, 7) is 9.53. The Morgan fingerprint density at radius 3 is 2.56 bits per heavy atom. The van der Waals surface area contributed by atoms with Crippen LogP contribution in [0.4, 0.5) is 9.93 Å². The van der Waals surface area contributed by atoms with Crippen LogP contribution in [0.25, 0.3) is 0 Å². The second kappa shape index (κ2) is 5.84. The molecule has 1 N–H and O–H groups in total. The van der Waals surface area contributed by atoms with Gasteiger partial charge < -0.3 is 4.90 Å². The van der Waals surface area contributed by atoms with Gasteiger partial charge in [-0.3, -0.25) is 5.32 Å². The number of hydrogen-bond donors (Lipinski definition) is 1. The summed E-state index contributed by atoms with van der Waals surface area (Å²) >= 11 is 1.47. The van der Waals surface area contributed by atoms with E-state index >= 15 is 0 Å². The van der Waals surface area contributed by atoms with Crippen LogP contribution in [0.5, 0.6) is 0 Å². The molecule has 2 amide bonds. The van der Waals surface area contributed by atoms with Crippen molar-refractivity contribution in [1.82, 2.24) is 9.88 Å². The van der Waals surface area contributed by atoms with Crippen LogP contribution in [0.3, 0.4) is 0 Å². The fourth-order valence-electron chi connectivity index (χ4n) is 1.29. The smallest absolute Gasteiger partial charge is 0.323 e. The molecule has 0 bridgehead atoms. The summed E-state index contributed by atoms with van der Waals surface area (Å²) in [6.07, 6.45) is 0. The molecule has 1 aromatic heterocycles. The molecule has 0 saturated heterocycles. The Hall–Kier alpha value is -1.10. The van der Waals surface area contributed by atoms with Crippen molar-refractivity contribution < 1.29 is 4.79 Å². The van der Waals surface area contributed by atoms with Crippen molar-refractivity contribution in [2.75, 3.05) is 18.4 Å². The largest absolute Gasteiger partial charge is 0.325 e. The summed E-state index contributed by atoms with van der Waals surface area (Å²) in [5.41, 5.74) is 1.03. The molecule has 0 aliphatic rings. The Kier molecular flexibility index (Phi) is 4.73. The number of thiazole rings is 1. The van der Waals surface area contributed by atoms with Crippen LogP contribution in [0, 0.1) is 0 Å². The van der Waals surface area contributed by atoms with Crippen LogP contribution < -0.4 is 5.32 Å². The van der Waals surface area contributed by atoms with Crippen LogP contribution in [0.1, 0.15) is 39.3 Å². The maximum atomic E-state index is 11.7. The first-order valence-electron chi connectivity index (χ1n) is 5.59. The first kappa shape index (κ1) is 13.0. The Morgan fingerprint density at radius 1 is 1.50 bits per heavy atom. The molecule has 0 unspecified atom stereocenters. The lowest BCUT2D eigenvalue weighted by atomic mass is 10.2. The quantitative estimate of drug-likeness (QED) is 0.880. The number of carbonyl (C=O) groups excluding carboxylic acids is 1. The van der Waals surface area contributed by atoms with E-state index < -0.39 is 0 Å². The highest BCUT2D eigenvalue weighted by molar-refractivity contribution is 7.13. The highest BCUT2D eigenvalue weighted by Gasteiger charge is 2.12. The van der Waals surface area contributed by atoms with Gasteiger partial charge in [-0.05, 0) is 19.8 Å². The molecule has 4 nitrogen and oxygen atoms in total. The standard InChI is InChI=1S/C11H19N3OS/c1-5-14(6-2)11(15)13-10-12-9(7-16-10)8(3)4/h7-8H,5-6H2,1-4H3,(H,12,13,15). The van der Waals surface area contributed by atoms with Crippen molar-refractivity contribution in [3.05, 3.63) is 11.1 Å². The highest BCUT2D eigenvalue weighted by atomic mass is 32.1. The predicted octanol–water partition coefficient (Wildman–Crippen LogP) is 3.14. The van der Waals surface area contributed by atoms with E-state index in [1.54, 1.807) is 4.90 Å². The second-order valence-corrected chi connectivity index (χ2v) is 4.69. The number of anilines is 1. The predicted molar refractivity (Wildman–Crippen MR) is 68.1 cm³/mol. The van der Waals surface area contributed by atoms with Crippen molar-refractivity contribution in [3.8, 4) is 0 Å². The Morgan fingerprint density at radius 2 is 2.12 bits per heavy atom. The molecular weight excluding hydrogens is 222 g/mol. The van der Waals surface area contributed by atoms with Crippen LogP contribution in [0.2, 0.25) is 0 Å². The molecular formula is C11H19N3OS. The van der Waals surface area contributed by atoms with Crippen LogP contribution >= 0.6 is 11.3 Å². The Balaban J connectivity index is 2.62. The van der Waals surface area contributed by atoms with E-state index in [0.717, 1.165) is 5.69 Å². The zero-order valence-electron chi connectivity index (χ0n) is 10.3. The van der Waals surface area contributed by atoms with Gasteiger partial charge in [0.2, 0.25) is 0 Å². The van der Waals surface area contributed by atoms with Gasteiger partial charge in [-0.15, -0.1) is 11.3 Å². The molecule has 16 heavy (non-hydrogen) atoms. The van der Waals surface area contributed by atoms with Crippen molar-refractivity contribution >= 4 is 22.5 Å². The maximum Gasteiger partial charge on any atom is 0.323 e. The average molecular weight is 241 g/mol. The van der Waals surface area contributed by atoms with E-state index in [-0.39, 0.29) is 6.03 Å². The Bertz CT molecular complexity index is 345. The molecule has 0 radical (unpaired) electrons. The summed E-state index contributed by atoms with van der Waals surface area (Å²) < 4.78 is 0. The van der Waals surface area contributed by atoms with Gasteiger partial charge in [0, 0.05) is 18.5 Å². The molecule has 90 valence electrons. The molecule has 0 aliphatic carbocycles. The third kappa shape index (κ3) is 3.20. The zero-order chi connectivity index (χ0) is 12.1. The SMILES string of the molecule is CCN(CC)C(=O)Nc1nc(C(C)C)cs1. The lowest BCUT2D eigenvalue weighted by Gasteiger charge is -2.17. The summed E-state index contributed by atoms with van der Waals surface area (Å²) in [4.78, 5) is 17.8. The molecule has 1 aromatic rings. The number of urea groups is 1. The van der Waals surface area contributed by atoms with Gasteiger partial charge in [-0.2, -0.15) is 0 Å². The highest BCUT2D eigenvalue weighted by Crippen LogP contribution is 2.21. The molecule has 0 saturated carbocycles. The minimum absolute atomic E-state index is 0.0744. The normalized spacial score (nSPS) is 10.6. The number of nitrogens with one attached hydrogen (secondary N) is 1. The third-order valence-corrected chi connectivity index (χ3v) is 3.15. The molecule has 0 spiro atoms.